The van der Waals surface area contributed by atoms with Crippen molar-refractivity contribution < 1.29 is 22.6 Å². The number of nitrogens with zero attached hydrogens (tertiary/aromatic N) is 2. The Kier molecular flexibility index (Phi) is 4.41. The lowest BCUT2D eigenvalue weighted by Gasteiger charge is -2.10. The highest BCUT2D eigenvalue weighted by Gasteiger charge is 2.31. The van der Waals surface area contributed by atoms with Crippen LogP contribution in [0.1, 0.15) is 11.1 Å². The fourth-order valence-corrected chi connectivity index (χ4v) is 3.36. The molecule has 28 heavy (non-hydrogen) atoms. The number of aromatic nitrogens is 2. The second kappa shape index (κ2) is 6.78. The summed E-state index contributed by atoms with van der Waals surface area (Å²) in [7, 11) is 3.15. The molecule has 1 aliphatic rings. The van der Waals surface area contributed by atoms with Crippen LogP contribution in [0.25, 0.3) is 16.9 Å². The highest BCUT2D eigenvalue weighted by molar-refractivity contribution is 5.77. The Hall–Kier alpha value is -3.16. The Morgan fingerprint density at radius 3 is 2.43 bits per heavy atom. The number of halogens is 3. The Morgan fingerprint density at radius 2 is 1.79 bits per heavy atom. The molecule has 4 rings (SSSR count). The molecule has 1 aliphatic heterocycles. The van der Waals surface area contributed by atoms with Gasteiger partial charge in [-0.2, -0.15) is 18.3 Å². The van der Waals surface area contributed by atoms with Gasteiger partial charge in [0.25, 0.3) is 0 Å². The van der Waals surface area contributed by atoms with Crippen LogP contribution < -0.4 is 14.8 Å². The summed E-state index contributed by atoms with van der Waals surface area (Å²) in [5.74, 6) is 2.07. The van der Waals surface area contributed by atoms with Crippen molar-refractivity contribution >= 4 is 5.82 Å². The smallest absolute Gasteiger partial charge is 0.416 e. The lowest BCUT2D eigenvalue weighted by Crippen LogP contribution is -2.07. The summed E-state index contributed by atoms with van der Waals surface area (Å²) in [6.45, 7) is 0.735. The lowest BCUT2D eigenvalue weighted by atomic mass is 10.1. The van der Waals surface area contributed by atoms with Crippen molar-refractivity contribution in [2.75, 3.05) is 26.1 Å². The topological polar surface area (TPSA) is 48.3 Å². The Morgan fingerprint density at radius 1 is 1.04 bits per heavy atom. The molecular formula is C20H18F3N3O2. The van der Waals surface area contributed by atoms with E-state index >= 15 is 0 Å². The third-order valence-corrected chi connectivity index (χ3v) is 4.75. The molecule has 0 saturated carbocycles. The SMILES string of the molecule is COc1ccc(-c2nn(-c3ccc(C(F)(F)F)cc3)c3c2CCN3)c(OC)c1. The third kappa shape index (κ3) is 3.04. The zero-order chi connectivity index (χ0) is 19.9. The number of fused-ring (bicyclic) bond motifs is 1. The van der Waals surface area contributed by atoms with E-state index in [2.05, 4.69) is 10.4 Å². The molecular weight excluding hydrogens is 371 g/mol. The standard InChI is InChI=1S/C20H18F3N3O2/c1-27-14-7-8-15(17(11-14)28-2)18-16-9-10-24-19(16)26(25-18)13-5-3-12(4-6-13)20(21,22)23/h3-8,11,24H,9-10H2,1-2H3. The van der Waals surface area contributed by atoms with E-state index in [-0.39, 0.29) is 0 Å². The zero-order valence-corrected chi connectivity index (χ0v) is 15.3. The van der Waals surface area contributed by atoms with Gasteiger partial charge in [0.05, 0.1) is 25.5 Å². The van der Waals surface area contributed by atoms with E-state index in [9.17, 15) is 13.2 Å². The normalized spacial score (nSPS) is 13.2. The Bertz CT molecular complexity index is 1010. The van der Waals surface area contributed by atoms with E-state index in [1.165, 1.54) is 12.1 Å². The maximum Gasteiger partial charge on any atom is 0.416 e. The van der Waals surface area contributed by atoms with Crippen LogP contribution >= 0.6 is 0 Å². The van der Waals surface area contributed by atoms with Gasteiger partial charge in [-0.3, -0.25) is 0 Å². The van der Waals surface area contributed by atoms with Gasteiger partial charge in [0.1, 0.15) is 23.0 Å². The minimum Gasteiger partial charge on any atom is -0.497 e. The molecule has 3 aromatic rings. The van der Waals surface area contributed by atoms with Gasteiger partial charge in [0, 0.05) is 23.7 Å². The number of ether oxygens (including phenoxy) is 2. The zero-order valence-electron chi connectivity index (χ0n) is 15.3. The fourth-order valence-electron chi connectivity index (χ4n) is 3.36. The molecule has 5 nitrogen and oxygen atoms in total. The maximum atomic E-state index is 12.9. The second-order valence-electron chi connectivity index (χ2n) is 6.38. The summed E-state index contributed by atoms with van der Waals surface area (Å²) < 4.78 is 50.9. The van der Waals surface area contributed by atoms with Crippen molar-refractivity contribution in [3.05, 3.63) is 53.6 Å². The molecule has 0 bridgehead atoms. The maximum absolute atomic E-state index is 12.9. The van der Waals surface area contributed by atoms with Gasteiger partial charge in [-0.15, -0.1) is 0 Å². The van der Waals surface area contributed by atoms with Crippen molar-refractivity contribution in [2.45, 2.75) is 12.6 Å². The first-order valence-corrected chi connectivity index (χ1v) is 8.68. The summed E-state index contributed by atoms with van der Waals surface area (Å²) in [5, 5.41) is 7.96. The number of anilines is 1. The molecule has 2 aromatic carbocycles. The lowest BCUT2D eigenvalue weighted by molar-refractivity contribution is -0.137. The first kappa shape index (κ1) is 18.2. The molecule has 0 spiro atoms. The van der Waals surface area contributed by atoms with Gasteiger partial charge < -0.3 is 14.8 Å². The van der Waals surface area contributed by atoms with Gasteiger partial charge in [-0.05, 0) is 42.8 Å². The first-order chi connectivity index (χ1) is 13.4. The Balaban J connectivity index is 1.81. The van der Waals surface area contributed by atoms with Crippen molar-refractivity contribution in [1.82, 2.24) is 9.78 Å². The van der Waals surface area contributed by atoms with Crippen LogP contribution in [0.15, 0.2) is 42.5 Å². The molecule has 8 heteroatoms. The van der Waals surface area contributed by atoms with Crippen molar-refractivity contribution in [2.24, 2.45) is 0 Å². The molecule has 0 atom stereocenters. The van der Waals surface area contributed by atoms with Crippen molar-refractivity contribution in [3.8, 4) is 28.4 Å². The molecule has 1 N–H and O–H groups in total. The first-order valence-electron chi connectivity index (χ1n) is 8.68. The Labute approximate surface area is 159 Å². The average Bonchev–Trinajstić information content (AvgIpc) is 3.29. The van der Waals surface area contributed by atoms with Gasteiger partial charge in [-0.1, -0.05) is 0 Å². The van der Waals surface area contributed by atoms with Gasteiger partial charge >= 0.3 is 6.18 Å². The quantitative estimate of drug-likeness (QED) is 0.712. The van der Waals surface area contributed by atoms with Gasteiger partial charge in [-0.25, -0.2) is 4.68 Å². The van der Waals surface area contributed by atoms with Crippen LogP contribution in [0, 0.1) is 0 Å². The van der Waals surface area contributed by atoms with E-state index in [4.69, 9.17) is 9.47 Å². The molecule has 0 fully saturated rings. The molecule has 0 aliphatic carbocycles. The molecule has 2 heterocycles. The van der Waals surface area contributed by atoms with Crippen LogP contribution in [0.2, 0.25) is 0 Å². The summed E-state index contributed by atoms with van der Waals surface area (Å²) in [5.41, 5.74) is 2.40. The highest BCUT2D eigenvalue weighted by Crippen LogP contribution is 2.40. The van der Waals surface area contributed by atoms with Crippen molar-refractivity contribution in [1.29, 1.82) is 0 Å². The van der Waals surface area contributed by atoms with E-state index in [0.29, 0.717) is 17.2 Å². The monoisotopic (exact) mass is 389 g/mol. The summed E-state index contributed by atoms with van der Waals surface area (Å²) in [6, 6.07) is 10.4. The van der Waals surface area contributed by atoms with E-state index in [1.54, 1.807) is 25.0 Å². The number of hydrogen-bond donors (Lipinski definition) is 1. The number of nitrogens with one attached hydrogen (secondary N) is 1. The number of rotatable bonds is 4. The van der Waals surface area contributed by atoms with E-state index in [1.807, 2.05) is 12.1 Å². The molecule has 0 radical (unpaired) electrons. The molecule has 1 aromatic heterocycles. The minimum atomic E-state index is -4.37. The number of methoxy groups -OCH3 is 2. The van der Waals surface area contributed by atoms with E-state index in [0.717, 1.165) is 47.7 Å². The van der Waals surface area contributed by atoms with Gasteiger partial charge in [0.2, 0.25) is 0 Å². The number of alkyl halides is 3. The van der Waals surface area contributed by atoms with Crippen LogP contribution in [-0.2, 0) is 12.6 Å². The van der Waals surface area contributed by atoms with Crippen LogP contribution in [0.3, 0.4) is 0 Å². The fraction of sp³-hybridized carbons (Fsp3) is 0.250. The van der Waals surface area contributed by atoms with Crippen molar-refractivity contribution in [3.63, 3.8) is 0 Å². The third-order valence-electron chi connectivity index (χ3n) is 4.75. The molecule has 0 unspecified atom stereocenters. The minimum absolute atomic E-state index is 0.553. The van der Waals surface area contributed by atoms with Gasteiger partial charge in [0.15, 0.2) is 0 Å². The molecule has 146 valence electrons. The largest absolute Gasteiger partial charge is 0.497 e. The summed E-state index contributed by atoms with van der Waals surface area (Å²) in [4.78, 5) is 0. The summed E-state index contributed by atoms with van der Waals surface area (Å²) >= 11 is 0. The number of hydrogen-bond acceptors (Lipinski definition) is 4. The average molecular weight is 389 g/mol. The van der Waals surface area contributed by atoms with Crippen LogP contribution in [0.4, 0.5) is 19.0 Å². The predicted molar refractivity (Wildman–Crippen MR) is 99.3 cm³/mol. The van der Waals surface area contributed by atoms with Crippen LogP contribution in [-0.4, -0.2) is 30.5 Å². The highest BCUT2D eigenvalue weighted by atomic mass is 19.4. The molecule has 0 amide bonds. The predicted octanol–water partition coefficient (Wildman–Crippen LogP) is 4.54. The van der Waals surface area contributed by atoms with E-state index < -0.39 is 11.7 Å². The second-order valence-corrected chi connectivity index (χ2v) is 6.38. The number of benzene rings is 2. The van der Waals surface area contributed by atoms with Crippen LogP contribution in [0.5, 0.6) is 11.5 Å². The molecule has 0 saturated heterocycles. The summed E-state index contributed by atoms with van der Waals surface area (Å²) in [6.07, 6.45) is -3.61.